The minimum Gasteiger partial charge on any atom is -0.461 e. The summed E-state index contributed by atoms with van der Waals surface area (Å²) in [5.74, 6) is 2.08. The number of halogens is 2. The molecule has 2 aliphatic heterocycles. The first-order valence-corrected chi connectivity index (χ1v) is 23.2. The second-order valence-electron chi connectivity index (χ2n) is 15.7. The van der Waals surface area contributed by atoms with E-state index in [1.54, 1.807) is 58.3 Å². The molecule has 0 saturated carbocycles. The number of nitrogens with zero attached hydrogens (tertiary/aromatic N) is 12. The Hall–Kier alpha value is -7.93. The number of nitrogen functional groups attached to an aromatic ring is 2. The van der Waals surface area contributed by atoms with Gasteiger partial charge in [-0.1, -0.05) is 24.3 Å². The zero-order valence-electron chi connectivity index (χ0n) is 36.5. The first-order valence-electron chi connectivity index (χ1n) is 21.3. The molecule has 2 atom stereocenters. The normalized spacial score (nSPS) is 15.8. The van der Waals surface area contributed by atoms with E-state index in [4.69, 9.17) is 26.0 Å². The molecule has 8 aromatic rings. The van der Waals surface area contributed by atoms with E-state index < -0.39 is 27.3 Å². The number of hydrogen-bond donors (Lipinski definition) is 4. The fourth-order valence-corrected chi connectivity index (χ4v) is 7.65. The largest absolute Gasteiger partial charge is 0.461 e. The van der Waals surface area contributed by atoms with Crippen LogP contribution in [0.2, 0.25) is 0 Å². The number of likely N-dealkylation sites (tertiary alicyclic amines) is 2. The van der Waals surface area contributed by atoms with E-state index in [2.05, 4.69) is 45.4 Å². The Morgan fingerprint density at radius 1 is 0.691 bits per heavy atom. The number of nitrogens with two attached hydrogens (primary N) is 3. The van der Waals surface area contributed by atoms with Crippen molar-refractivity contribution in [2.45, 2.75) is 43.2 Å². The molecule has 354 valence electrons. The summed E-state index contributed by atoms with van der Waals surface area (Å²) in [5.41, 5.74) is 20.4. The van der Waals surface area contributed by atoms with Gasteiger partial charge in [0.05, 0.1) is 25.6 Å². The molecular formula is C43H46F2N16O6S. The van der Waals surface area contributed by atoms with E-state index >= 15 is 0 Å². The van der Waals surface area contributed by atoms with E-state index in [0.29, 0.717) is 85.6 Å². The van der Waals surface area contributed by atoms with Crippen LogP contribution in [-0.4, -0.2) is 137 Å². The average molecular weight is 953 g/mol. The zero-order valence-corrected chi connectivity index (χ0v) is 37.3. The van der Waals surface area contributed by atoms with Crippen LogP contribution in [0.15, 0.2) is 99.3 Å². The van der Waals surface area contributed by atoms with Crippen LogP contribution in [0.5, 0.6) is 0 Å². The molecule has 2 aliphatic rings. The summed E-state index contributed by atoms with van der Waals surface area (Å²) in [6, 6.07) is 21.6. The minimum absolute atomic E-state index is 0.0410. The van der Waals surface area contributed by atoms with E-state index in [9.17, 15) is 26.8 Å². The Morgan fingerprint density at radius 3 is 1.62 bits per heavy atom. The third-order valence-electron chi connectivity index (χ3n) is 10.6. The van der Waals surface area contributed by atoms with Gasteiger partial charge in [-0.25, -0.2) is 17.2 Å². The molecule has 7 N–H and O–H groups in total. The molecule has 2 saturated heterocycles. The molecule has 2 aromatic carbocycles. The smallest absolute Gasteiger partial charge is 0.259 e. The lowest BCUT2D eigenvalue weighted by atomic mass is 10.1. The topological polar surface area (TPSA) is 303 Å². The number of amides is 2. The summed E-state index contributed by atoms with van der Waals surface area (Å²) in [7, 11) is -3.57. The molecule has 2 fully saturated rings. The Kier molecular flexibility index (Phi) is 13.9. The van der Waals surface area contributed by atoms with Crippen LogP contribution in [0.3, 0.4) is 0 Å². The van der Waals surface area contributed by atoms with E-state index in [1.807, 2.05) is 24.3 Å². The fraction of sp³-hybridized carbons (Fsp3) is 0.302. The summed E-state index contributed by atoms with van der Waals surface area (Å²) < 4.78 is 62.1. The number of furan rings is 2. The lowest BCUT2D eigenvalue weighted by molar-refractivity contribution is 0.0776. The van der Waals surface area contributed by atoms with Crippen molar-refractivity contribution < 1.29 is 35.6 Å². The number of nitrogens with one attached hydrogen (secondary N) is 1. The Labute approximate surface area is 386 Å². The number of sulfone groups is 1. The molecule has 0 aliphatic carbocycles. The minimum atomic E-state index is -3.57. The van der Waals surface area contributed by atoms with Gasteiger partial charge in [-0.2, -0.15) is 38.9 Å². The predicted octanol–water partition coefficient (Wildman–Crippen LogP) is 3.34. The number of benzene rings is 2. The number of anilines is 3. The van der Waals surface area contributed by atoms with Crippen molar-refractivity contribution in [1.82, 2.24) is 58.9 Å². The molecule has 2 amide bonds. The van der Waals surface area contributed by atoms with Gasteiger partial charge in [0.25, 0.3) is 28.5 Å². The van der Waals surface area contributed by atoms with Crippen molar-refractivity contribution in [2.75, 3.05) is 62.3 Å². The number of carbonyl (C=O) groups is 2. The highest BCUT2D eigenvalue weighted by molar-refractivity contribution is 7.90. The number of hydrogen-bond acceptors (Lipinski definition) is 18. The highest BCUT2D eigenvalue weighted by Crippen LogP contribution is 2.21. The van der Waals surface area contributed by atoms with Gasteiger partial charge in [-0.05, 0) is 91.9 Å². The highest BCUT2D eigenvalue weighted by Gasteiger charge is 2.28. The maximum Gasteiger partial charge on any atom is 0.259 e. The lowest BCUT2D eigenvalue weighted by Crippen LogP contribution is -2.28. The van der Waals surface area contributed by atoms with E-state index in [1.165, 1.54) is 17.0 Å². The molecule has 22 nitrogen and oxygen atoms in total. The van der Waals surface area contributed by atoms with Crippen molar-refractivity contribution in [1.29, 1.82) is 0 Å². The van der Waals surface area contributed by atoms with Crippen LogP contribution in [0.25, 0.3) is 34.7 Å². The Balaban J connectivity index is 0.000000148. The van der Waals surface area contributed by atoms with Gasteiger partial charge in [0.1, 0.15) is 12.3 Å². The van der Waals surface area contributed by atoms with Gasteiger partial charge in [0.15, 0.2) is 11.5 Å². The second-order valence-corrected chi connectivity index (χ2v) is 17.6. The van der Waals surface area contributed by atoms with Crippen LogP contribution in [-0.2, 0) is 22.7 Å². The van der Waals surface area contributed by atoms with Gasteiger partial charge in [-0.15, -0.1) is 10.2 Å². The molecule has 8 heterocycles. The summed E-state index contributed by atoms with van der Waals surface area (Å²) in [6.07, 6.45) is 4.57. The Bertz CT molecular complexity index is 3110. The predicted molar refractivity (Wildman–Crippen MR) is 243 cm³/mol. The lowest BCUT2D eigenvalue weighted by Gasteiger charge is -2.15. The third kappa shape index (κ3) is 11.0. The van der Waals surface area contributed by atoms with Crippen molar-refractivity contribution in [3.8, 4) is 23.2 Å². The quantitative estimate of drug-likeness (QED) is 0.144. The van der Waals surface area contributed by atoms with Crippen LogP contribution < -0.4 is 22.5 Å². The van der Waals surface area contributed by atoms with Crippen LogP contribution in [0.4, 0.5) is 26.6 Å². The van der Waals surface area contributed by atoms with Crippen molar-refractivity contribution in [2.24, 2.45) is 5.73 Å². The van der Waals surface area contributed by atoms with E-state index in [0.717, 1.165) is 28.3 Å². The van der Waals surface area contributed by atoms with Crippen molar-refractivity contribution in [3.05, 3.63) is 108 Å². The molecule has 10 rings (SSSR count). The number of rotatable bonds is 11. The van der Waals surface area contributed by atoms with Gasteiger partial charge < -0.3 is 41.2 Å². The summed E-state index contributed by atoms with van der Waals surface area (Å²) in [4.78, 5) is 52.0. The molecule has 25 heteroatoms. The van der Waals surface area contributed by atoms with Crippen LogP contribution in [0.1, 0.15) is 44.7 Å². The monoisotopic (exact) mass is 952 g/mol. The number of alkyl halides is 2. The molecule has 0 spiro atoms. The van der Waals surface area contributed by atoms with Crippen LogP contribution in [0, 0.1) is 0 Å². The molecule has 6 aromatic heterocycles. The average Bonchev–Trinajstić information content (AvgIpc) is 4.19. The summed E-state index contributed by atoms with van der Waals surface area (Å²) in [6.45, 7) is 2.54. The molecule has 0 bridgehead atoms. The summed E-state index contributed by atoms with van der Waals surface area (Å²) in [5, 5.41) is 11.0. The van der Waals surface area contributed by atoms with Crippen molar-refractivity contribution >= 4 is 51.1 Å². The molecule has 0 unspecified atom stereocenters. The van der Waals surface area contributed by atoms with Gasteiger partial charge in [0, 0.05) is 37.0 Å². The SMILES string of the molecule is CS(=O)(=O)c1nc(N)n2nc(-c3ccco3)nc2n1.NCCc1ccc(C(=O)N2CC[C@@H](F)C2)cc1.Nc1nc(NCCc2ccc(C(=O)N3CC[C@@H](F)C3)cc2)nc2nc(-c3ccco3)nn12. The molecule has 68 heavy (non-hydrogen) atoms. The van der Waals surface area contributed by atoms with Gasteiger partial charge in [0.2, 0.25) is 39.3 Å². The van der Waals surface area contributed by atoms with Crippen molar-refractivity contribution in [3.63, 3.8) is 0 Å². The highest BCUT2D eigenvalue weighted by atomic mass is 32.2. The maximum atomic E-state index is 13.3. The first-order chi connectivity index (χ1) is 32.7. The van der Waals surface area contributed by atoms with Crippen LogP contribution >= 0.6 is 0 Å². The maximum absolute atomic E-state index is 13.3. The number of carbonyl (C=O) groups excluding carboxylic acids is 2. The first kappa shape index (κ1) is 46.6. The zero-order chi connectivity index (χ0) is 48.0. The Morgan fingerprint density at radius 2 is 1.18 bits per heavy atom. The summed E-state index contributed by atoms with van der Waals surface area (Å²) >= 11 is 0. The second kappa shape index (κ2) is 20.3. The molecule has 0 radical (unpaired) electrons. The van der Waals surface area contributed by atoms with Gasteiger partial charge in [-0.3, -0.25) is 9.59 Å². The fourth-order valence-electron chi connectivity index (χ4n) is 7.14. The van der Waals surface area contributed by atoms with Gasteiger partial charge >= 0.3 is 0 Å². The number of aromatic nitrogens is 10. The number of fused-ring (bicyclic) bond motifs is 2. The van der Waals surface area contributed by atoms with E-state index in [-0.39, 0.29) is 48.4 Å². The standard InChI is InChI=1S/C21H21FN8O2.C13H17FN2O.C9H8N6O3S/c22-15-8-10-29(12-15)18(31)14-5-3-13(4-6-14)7-9-24-20-26-19(23)30-21(27-20)25-17(28-30)16-2-1-11-32-16;14-12-6-8-16(9-12)13(17)11-3-1-10(2-4-11)5-7-15;1-19(16,17)9-12-7(10)15-8(13-9)11-6(14-15)5-3-2-4-18-5/h1-6,11,15H,7-10,12H2,(H3,23,24,25,26,27,28);1-4,12H,5-9,15H2;2-4H,1H3,(H2,10,11,12,13,14)/t15-;12-;/m11./s1. The third-order valence-corrected chi connectivity index (χ3v) is 11.5. The molecular weight excluding hydrogens is 907 g/mol.